The average molecular weight is 562 g/mol. The Hall–Kier alpha value is -3.55. The fourth-order valence-electron chi connectivity index (χ4n) is 3.21. The molecule has 0 spiro atoms. The van der Waals surface area contributed by atoms with Crippen molar-refractivity contribution in [1.29, 1.82) is 0 Å². The molecule has 9 nitrogen and oxygen atoms in total. The van der Waals surface area contributed by atoms with Crippen LogP contribution in [0.5, 0.6) is 0 Å². The van der Waals surface area contributed by atoms with Gasteiger partial charge in [0.05, 0.1) is 17.8 Å². The monoisotopic (exact) mass is 561 g/mol. The van der Waals surface area contributed by atoms with Gasteiger partial charge in [-0.3, -0.25) is 9.59 Å². The normalized spacial score (nSPS) is 15.6. The number of amides is 2. The van der Waals surface area contributed by atoms with Crippen molar-refractivity contribution in [3.05, 3.63) is 47.5 Å². The van der Waals surface area contributed by atoms with E-state index in [9.17, 15) is 19.2 Å². The van der Waals surface area contributed by atoms with Crippen LogP contribution in [0, 0.1) is 5.92 Å². The number of hydrogen-bond acceptors (Lipinski definition) is 5. The van der Waals surface area contributed by atoms with E-state index in [1.54, 1.807) is 36.3 Å². The van der Waals surface area contributed by atoms with E-state index < -0.39 is 5.97 Å². The third-order valence-corrected chi connectivity index (χ3v) is 4.90. The molecule has 1 heterocycles. The van der Waals surface area contributed by atoms with Crippen LogP contribution in [-0.4, -0.2) is 53.4 Å². The minimum atomic E-state index is -1.04. The molecule has 9 heteroatoms. The van der Waals surface area contributed by atoms with Gasteiger partial charge in [0, 0.05) is 25.5 Å². The van der Waals surface area contributed by atoms with Crippen molar-refractivity contribution in [2.75, 3.05) is 6.54 Å². The summed E-state index contributed by atoms with van der Waals surface area (Å²) < 4.78 is 5.60. The molecule has 2 rings (SSSR count). The molecule has 1 aromatic rings. The molecule has 1 saturated heterocycles. The molecule has 2 atom stereocenters. The lowest BCUT2D eigenvalue weighted by Crippen LogP contribution is -2.32. The fourth-order valence-corrected chi connectivity index (χ4v) is 3.21. The lowest BCUT2D eigenvalue weighted by molar-refractivity contribution is -0.122. The van der Waals surface area contributed by atoms with Crippen LogP contribution in [0.1, 0.15) is 104 Å². The molecule has 1 aliphatic rings. The van der Waals surface area contributed by atoms with E-state index in [4.69, 9.17) is 15.6 Å². The fraction of sp³-hybridized carbons (Fsp3) is 0.548. The Kier molecular flexibility index (Phi) is 26.3. The van der Waals surface area contributed by atoms with Gasteiger partial charge >= 0.3 is 5.97 Å². The molecule has 1 aliphatic heterocycles. The van der Waals surface area contributed by atoms with Crippen LogP contribution in [0.4, 0.5) is 0 Å². The number of benzene rings is 1. The number of hydrogen-bond donors (Lipinski definition) is 3. The van der Waals surface area contributed by atoms with E-state index in [0.29, 0.717) is 37.0 Å². The molecular weight excluding hydrogens is 510 g/mol. The van der Waals surface area contributed by atoms with Crippen molar-refractivity contribution in [1.82, 2.24) is 5.32 Å². The van der Waals surface area contributed by atoms with Gasteiger partial charge in [-0.2, -0.15) is 4.99 Å². The number of nitrogens with zero attached hydrogens (tertiary/aromatic N) is 1. The number of carboxylic acid groups (broad SMARTS) is 1. The van der Waals surface area contributed by atoms with Crippen molar-refractivity contribution >= 4 is 35.6 Å². The first-order valence-corrected chi connectivity index (χ1v) is 13.5. The summed E-state index contributed by atoms with van der Waals surface area (Å²) >= 11 is 0. The average Bonchev–Trinajstić information content (AvgIpc) is 3.30. The molecule has 4 N–H and O–H groups in total. The highest BCUT2D eigenvalue weighted by molar-refractivity contribution is 5.99. The topological polar surface area (TPSA) is 148 Å². The van der Waals surface area contributed by atoms with Crippen LogP contribution in [0.3, 0.4) is 0 Å². The van der Waals surface area contributed by atoms with E-state index in [0.717, 1.165) is 25.3 Å². The largest absolute Gasteiger partial charge is 0.478 e. The molecule has 1 aromatic carbocycles. The summed E-state index contributed by atoms with van der Waals surface area (Å²) in [6, 6.07) is 6.25. The van der Waals surface area contributed by atoms with Gasteiger partial charge in [0.25, 0.3) is 0 Å². The van der Waals surface area contributed by atoms with Gasteiger partial charge in [0.1, 0.15) is 11.8 Å². The molecular formula is C31H51N3O6. The molecule has 0 aromatic heterocycles. The zero-order valence-electron chi connectivity index (χ0n) is 24.5. The first kappa shape index (κ1) is 40.9. The molecule has 40 heavy (non-hydrogen) atoms. The van der Waals surface area contributed by atoms with Gasteiger partial charge in [0.15, 0.2) is 0 Å². The van der Waals surface area contributed by atoms with Crippen molar-refractivity contribution in [2.24, 2.45) is 16.6 Å². The predicted octanol–water partition coefficient (Wildman–Crippen LogP) is 5.85. The quantitative estimate of drug-likeness (QED) is 0.194. The van der Waals surface area contributed by atoms with E-state index in [1.807, 2.05) is 41.5 Å². The van der Waals surface area contributed by atoms with Crippen molar-refractivity contribution in [2.45, 2.75) is 100 Å². The van der Waals surface area contributed by atoms with Gasteiger partial charge in [-0.1, -0.05) is 66.3 Å². The summed E-state index contributed by atoms with van der Waals surface area (Å²) in [4.78, 5) is 46.3. The summed E-state index contributed by atoms with van der Waals surface area (Å²) in [5.74, 6) is 1.20. The van der Waals surface area contributed by atoms with Crippen molar-refractivity contribution in [3.63, 3.8) is 0 Å². The number of nitrogens with two attached hydrogens (primary N) is 1. The lowest BCUT2D eigenvalue weighted by Gasteiger charge is -2.12. The summed E-state index contributed by atoms with van der Waals surface area (Å²) in [7, 11) is 0. The number of rotatable bonds is 9. The van der Waals surface area contributed by atoms with Crippen LogP contribution in [0.2, 0.25) is 0 Å². The van der Waals surface area contributed by atoms with E-state index >= 15 is 0 Å². The molecule has 0 saturated carbocycles. The van der Waals surface area contributed by atoms with Gasteiger partial charge in [-0.25, -0.2) is 9.59 Å². The number of ether oxygens (including phenoxy) is 1. The van der Waals surface area contributed by atoms with Crippen LogP contribution in [0.25, 0.3) is 6.08 Å². The molecule has 0 aliphatic carbocycles. The van der Waals surface area contributed by atoms with E-state index in [-0.39, 0.29) is 36.7 Å². The second-order valence-corrected chi connectivity index (χ2v) is 8.88. The third kappa shape index (κ3) is 21.4. The third-order valence-electron chi connectivity index (χ3n) is 4.90. The van der Waals surface area contributed by atoms with Crippen molar-refractivity contribution in [3.8, 4) is 0 Å². The Morgan fingerprint density at radius 2 is 1.85 bits per heavy atom. The Bertz CT molecular complexity index is 945. The zero-order valence-corrected chi connectivity index (χ0v) is 24.5. The number of amidine groups is 1. The first-order chi connectivity index (χ1) is 18.5. The lowest BCUT2D eigenvalue weighted by atomic mass is 10.1. The zero-order chi connectivity index (χ0) is 30.2. The molecule has 0 bridgehead atoms. The summed E-state index contributed by atoms with van der Waals surface area (Å²) in [6.45, 7) is 14.6. The standard InChI is InChI=1S/C11H21NO2.C9H6O3.C8H14N2O.C2H6.CH4/c1-8(2)6-11(13)12-7-10-5-4-9(3)14-10;10-6-5-7-3-1-2-4-8(7)9(11)12;1-3-5-7(9)10-8(11)6-4-2;1-2;/h8-10H,4-7H2,1-3H3,(H,12,13);1-5H,(H,11,12);3,5H,4,6H2,1-2H3,(H2,9,10,11);1-2H3;1H4/b;;5-3-;;. The molecule has 2 unspecified atom stereocenters. The number of carbonyl (C=O) groups excluding carboxylic acids is 3. The number of nitrogens with one attached hydrogen (secondary N) is 1. The molecule has 226 valence electrons. The predicted molar refractivity (Wildman–Crippen MR) is 164 cm³/mol. The number of carbonyl (C=O) groups is 3. The number of aromatic carboxylic acids is 1. The summed E-state index contributed by atoms with van der Waals surface area (Å²) in [5, 5.41) is 11.6. The Morgan fingerprint density at radius 3 is 2.33 bits per heavy atom. The molecule has 0 radical (unpaired) electrons. The minimum absolute atomic E-state index is 0. The number of allylic oxidation sites excluding steroid dienone is 1. The Labute approximate surface area is 241 Å². The minimum Gasteiger partial charge on any atom is -0.478 e. The second-order valence-electron chi connectivity index (χ2n) is 8.88. The van der Waals surface area contributed by atoms with Gasteiger partial charge in [0.2, 0.25) is 11.8 Å². The SMILES string of the molecule is C.C/C=C\C(N)=NC(=O)CCC.CC.CC(C)CC(=O)NCC1CCC(C)O1.O=C=Cc1ccccc1C(=O)O. The number of carboxylic acids is 1. The Balaban J connectivity index is -0.000000495. The van der Waals surface area contributed by atoms with E-state index in [1.165, 1.54) is 6.07 Å². The van der Waals surface area contributed by atoms with Crippen LogP contribution < -0.4 is 11.1 Å². The smallest absolute Gasteiger partial charge is 0.336 e. The highest BCUT2D eigenvalue weighted by Crippen LogP contribution is 2.18. The van der Waals surface area contributed by atoms with Crippen molar-refractivity contribution < 1.29 is 29.0 Å². The second kappa shape index (κ2) is 25.7. The van der Waals surface area contributed by atoms with Crippen LogP contribution >= 0.6 is 0 Å². The summed E-state index contributed by atoms with van der Waals surface area (Å²) in [5.41, 5.74) is 5.84. The maximum Gasteiger partial charge on any atom is 0.336 e. The van der Waals surface area contributed by atoms with Gasteiger partial charge in [-0.15, -0.1) is 0 Å². The maximum absolute atomic E-state index is 11.3. The summed E-state index contributed by atoms with van der Waals surface area (Å²) in [6.07, 6.45) is 9.14. The highest BCUT2D eigenvalue weighted by atomic mass is 16.5. The molecule has 2 amide bonds. The maximum atomic E-state index is 11.3. The van der Waals surface area contributed by atoms with Crippen LogP contribution in [-0.2, 0) is 19.1 Å². The van der Waals surface area contributed by atoms with E-state index in [2.05, 4.69) is 17.2 Å². The number of aliphatic imine (C=N–C) groups is 1. The highest BCUT2D eigenvalue weighted by Gasteiger charge is 2.21. The Morgan fingerprint density at radius 1 is 1.23 bits per heavy atom. The molecule has 1 fully saturated rings. The first-order valence-electron chi connectivity index (χ1n) is 13.5. The van der Waals surface area contributed by atoms with Gasteiger partial charge in [-0.05, 0) is 56.7 Å². The van der Waals surface area contributed by atoms with Gasteiger partial charge < -0.3 is 20.9 Å². The van der Waals surface area contributed by atoms with Crippen LogP contribution in [0.15, 0.2) is 41.4 Å².